The highest BCUT2D eigenvalue weighted by Crippen LogP contribution is 2.25. The van der Waals surface area contributed by atoms with E-state index in [-0.39, 0.29) is 21.8 Å². The molecule has 7 heteroatoms. The summed E-state index contributed by atoms with van der Waals surface area (Å²) in [5, 5.41) is 2.57. The second-order valence-corrected chi connectivity index (χ2v) is 4.42. The number of hydrogen-bond donors (Lipinski definition) is 1. The van der Waals surface area contributed by atoms with Crippen molar-refractivity contribution in [3.8, 4) is 0 Å². The minimum Gasteiger partial charge on any atom is -0.317 e. The first-order chi connectivity index (χ1) is 9.56. The van der Waals surface area contributed by atoms with E-state index in [1.807, 2.05) is 0 Å². The first-order valence-corrected chi connectivity index (χ1v) is 6.22. The molecule has 0 atom stereocenters. The van der Waals surface area contributed by atoms with Crippen molar-refractivity contribution in [2.45, 2.75) is 0 Å². The lowest BCUT2D eigenvalue weighted by molar-refractivity contribution is -0.111. The Kier molecular flexibility index (Phi) is 4.65. The zero-order chi connectivity index (χ0) is 14.5. The summed E-state index contributed by atoms with van der Waals surface area (Å²) in [6.07, 6.45) is 3.99. The second-order valence-electron chi connectivity index (χ2n) is 3.70. The van der Waals surface area contributed by atoms with Crippen LogP contribution in [0.4, 0.5) is 10.1 Å². The van der Waals surface area contributed by atoms with Gasteiger partial charge in [-0.2, -0.15) is 0 Å². The molecule has 0 aliphatic carbocycles. The molecule has 0 saturated heterocycles. The molecule has 2 rings (SSSR count). The number of rotatable bonds is 3. The van der Waals surface area contributed by atoms with Crippen LogP contribution in [0.1, 0.15) is 5.56 Å². The molecule has 0 fully saturated rings. The van der Waals surface area contributed by atoms with Crippen molar-refractivity contribution in [2.24, 2.45) is 0 Å². The number of carbonyl (C=O) groups is 1. The summed E-state index contributed by atoms with van der Waals surface area (Å²) >= 11 is 11.6. The predicted molar refractivity (Wildman–Crippen MR) is 76.1 cm³/mol. The van der Waals surface area contributed by atoms with Crippen molar-refractivity contribution in [1.82, 2.24) is 9.97 Å². The van der Waals surface area contributed by atoms with Gasteiger partial charge < -0.3 is 5.32 Å². The van der Waals surface area contributed by atoms with Crippen LogP contribution in [0.3, 0.4) is 0 Å². The molecule has 1 amide bonds. The van der Waals surface area contributed by atoms with Gasteiger partial charge in [0.2, 0.25) is 5.91 Å². The average Bonchev–Trinajstić information content (AvgIpc) is 2.42. The minimum atomic E-state index is -0.451. The van der Waals surface area contributed by atoms with E-state index in [1.165, 1.54) is 30.6 Å². The Balaban J connectivity index is 2.07. The number of hydrogen-bond acceptors (Lipinski definition) is 3. The van der Waals surface area contributed by atoms with Crippen molar-refractivity contribution >= 4 is 40.9 Å². The Hall–Kier alpha value is -1.98. The Morgan fingerprint density at radius 1 is 1.15 bits per heavy atom. The largest absolute Gasteiger partial charge is 0.317 e. The standard InChI is InChI=1S/C13H8Cl2FN3O/c14-12-11(13(15)18-7-17-12)19-10(20)6-3-8-1-4-9(16)5-2-8/h1-7H,(H,19,20)/b6-3+. The van der Waals surface area contributed by atoms with Gasteiger partial charge in [0, 0.05) is 6.08 Å². The van der Waals surface area contributed by atoms with Crippen LogP contribution in [0.25, 0.3) is 6.08 Å². The van der Waals surface area contributed by atoms with E-state index >= 15 is 0 Å². The molecule has 1 N–H and O–H groups in total. The first kappa shape index (κ1) is 14.4. The fraction of sp³-hybridized carbons (Fsp3) is 0. The lowest BCUT2D eigenvalue weighted by Gasteiger charge is -2.04. The van der Waals surface area contributed by atoms with Crippen LogP contribution in [0.15, 0.2) is 36.7 Å². The van der Waals surface area contributed by atoms with E-state index in [0.717, 1.165) is 0 Å². The molecule has 4 nitrogen and oxygen atoms in total. The van der Waals surface area contributed by atoms with Crippen LogP contribution in [0.5, 0.6) is 0 Å². The number of amides is 1. The SMILES string of the molecule is O=C(/C=C/c1ccc(F)cc1)Nc1c(Cl)ncnc1Cl. The molecular weight excluding hydrogens is 304 g/mol. The van der Waals surface area contributed by atoms with Crippen molar-refractivity contribution in [3.05, 3.63) is 58.4 Å². The van der Waals surface area contributed by atoms with E-state index in [0.29, 0.717) is 5.56 Å². The number of nitrogens with zero attached hydrogens (tertiary/aromatic N) is 2. The van der Waals surface area contributed by atoms with Gasteiger partial charge in [-0.1, -0.05) is 35.3 Å². The first-order valence-electron chi connectivity index (χ1n) is 5.47. The number of carbonyl (C=O) groups excluding carboxylic acids is 1. The lowest BCUT2D eigenvalue weighted by Crippen LogP contribution is -2.09. The minimum absolute atomic E-state index is 0.0496. The molecule has 0 saturated carbocycles. The van der Waals surface area contributed by atoms with Crippen LogP contribution >= 0.6 is 23.2 Å². The summed E-state index contributed by atoms with van der Waals surface area (Å²) in [4.78, 5) is 19.1. The molecule has 20 heavy (non-hydrogen) atoms. The third-order valence-electron chi connectivity index (χ3n) is 2.30. The topological polar surface area (TPSA) is 54.9 Å². The van der Waals surface area contributed by atoms with E-state index < -0.39 is 5.91 Å². The molecule has 0 aliphatic rings. The third-order valence-corrected chi connectivity index (χ3v) is 2.87. The van der Waals surface area contributed by atoms with Gasteiger partial charge in [0.05, 0.1) is 0 Å². The maximum Gasteiger partial charge on any atom is 0.248 e. The number of halogens is 3. The van der Waals surface area contributed by atoms with E-state index in [2.05, 4.69) is 15.3 Å². The molecular formula is C13H8Cl2FN3O. The number of benzene rings is 1. The maximum atomic E-state index is 12.7. The fourth-order valence-electron chi connectivity index (χ4n) is 1.36. The lowest BCUT2D eigenvalue weighted by atomic mass is 10.2. The molecule has 1 aromatic heterocycles. The predicted octanol–water partition coefficient (Wildman–Crippen LogP) is 3.57. The van der Waals surface area contributed by atoms with E-state index in [9.17, 15) is 9.18 Å². The number of nitrogens with one attached hydrogen (secondary N) is 1. The van der Waals surface area contributed by atoms with Crippen molar-refractivity contribution in [3.63, 3.8) is 0 Å². The van der Waals surface area contributed by atoms with Crippen molar-refractivity contribution < 1.29 is 9.18 Å². The van der Waals surface area contributed by atoms with Crippen molar-refractivity contribution in [2.75, 3.05) is 5.32 Å². The quantitative estimate of drug-likeness (QED) is 0.696. The highest BCUT2D eigenvalue weighted by atomic mass is 35.5. The molecule has 0 bridgehead atoms. The van der Waals surface area contributed by atoms with Crippen molar-refractivity contribution in [1.29, 1.82) is 0 Å². The second kappa shape index (κ2) is 6.45. The number of anilines is 1. The summed E-state index contributed by atoms with van der Waals surface area (Å²) in [5.74, 6) is -0.792. The molecule has 1 heterocycles. The molecule has 1 aromatic carbocycles. The summed E-state index contributed by atoms with van der Waals surface area (Å²) in [6.45, 7) is 0. The zero-order valence-electron chi connectivity index (χ0n) is 9.98. The van der Waals surface area contributed by atoms with Crippen LogP contribution < -0.4 is 5.32 Å². The highest BCUT2D eigenvalue weighted by Gasteiger charge is 2.09. The van der Waals surface area contributed by atoms with Crippen LogP contribution in [0, 0.1) is 5.82 Å². The Morgan fingerprint density at radius 2 is 1.75 bits per heavy atom. The zero-order valence-corrected chi connectivity index (χ0v) is 11.5. The Morgan fingerprint density at radius 3 is 2.35 bits per heavy atom. The highest BCUT2D eigenvalue weighted by molar-refractivity contribution is 6.38. The van der Waals surface area contributed by atoms with Gasteiger partial charge in [0.1, 0.15) is 17.8 Å². The summed E-state index contributed by atoms with van der Waals surface area (Å²) < 4.78 is 12.7. The molecule has 0 aliphatic heterocycles. The van der Waals surface area contributed by atoms with Gasteiger partial charge in [-0.15, -0.1) is 0 Å². The molecule has 2 aromatic rings. The van der Waals surface area contributed by atoms with E-state index in [4.69, 9.17) is 23.2 Å². The monoisotopic (exact) mass is 311 g/mol. The summed E-state index contributed by atoms with van der Waals surface area (Å²) in [6, 6.07) is 5.70. The molecule has 0 unspecified atom stereocenters. The van der Waals surface area contributed by atoms with Gasteiger partial charge in [-0.05, 0) is 23.8 Å². The van der Waals surface area contributed by atoms with Crippen LogP contribution in [-0.4, -0.2) is 15.9 Å². The normalized spacial score (nSPS) is 10.8. The van der Waals surface area contributed by atoms with Gasteiger partial charge in [0.15, 0.2) is 10.3 Å². The maximum absolute atomic E-state index is 12.7. The van der Waals surface area contributed by atoms with Crippen LogP contribution in [0.2, 0.25) is 10.3 Å². The van der Waals surface area contributed by atoms with E-state index in [1.54, 1.807) is 12.1 Å². The molecule has 0 spiro atoms. The molecule has 0 radical (unpaired) electrons. The van der Waals surface area contributed by atoms with Gasteiger partial charge >= 0.3 is 0 Å². The fourth-order valence-corrected chi connectivity index (χ4v) is 1.77. The van der Waals surface area contributed by atoms with Gasteiger partial charge in [0.25, 0.3) is 0 Å². The Bertz CT molecular complexity index is 639. The number of aromatic nitrogens is 2. The van der Waals surface area contributed by atoms with Crippen LogP contribution in [-0.2, 0) is 4.79 Å². The van der Waals surface area contributed by atoms with Gasteiger partial charge in [-0.3, -0.25) is 4.79 Å². The third kappa shape index (κ3) is 3.76. The average molecular weight is 312 g/mol. The summed E-state index contributed by atoms with van der Waals surface area (Å²) in [5.41, 5.74) is 0.827. The Labute approximate surface area is 124 Å². The smallest absolute Gasteiger partial charge is 0.248 e. The van der Waals surface area contributed by atoms with Gasteiger partial charge in [-0.25, -0.2) is 14.4 Å². The molecule has 102 valence electrons. The summed E-state index contributed by atoms with van der Waals surface area (Å²) in [7, 11) is 0.